The highest BCUT2D eigenvalue weighted by Gasteiger charge is 2.51. The first-order valence-corrected chi connectivity index (χ1v) is 19.7. The van der Waals surface area contributed by atoms with E-state index in [9.17, 15) is 37.6 Å². The highest BCUT2D eigenvalue weighted by atomic mass is 32.1. The zero-order valence-electron chi connectivity index (χ0n) is 33.4. The molecule has 14 nitrogen and oxygen atoms in total. The van der Waals surface area contributed by atoms with Gasteiger partial charge in [-0.05, 0) is 95.2 Å². The normalized spacial score (nSPS) is 21.3. The van der Waals surface area contributed by atoms with Gasteiger partial charge in [-0.2, -0.15) is 18.4 Å². The monoisotopic (exact) mass is 833 g/mol. The predicted molar refractivity (Wildman–Crippen MR) is 219 cm³/mol. The zero-order chi connectivity index (χ0) is 42.8. The number of nitrogens with one attached hydrogen (secondary N) is 3. The highest BCUT2D eigenvalue weighted by Crippen LogP contribution is 2.40. The Morgan fingerprint density at radius 1 is 1.07 bits per heavy atom. The van der Waals surface area contributed by atoms with Gasteiger partial charge in [-0.3, -0.25) is 39.2 Å². The second kappa shape index (κ2) is 17.3. The minimum absolute atomic E-state index is 0.0243. The number of ether oxygens (including phenoxy) is 1. The van der Waals surface area contributed by atoms with Crippen LogP contribution in [0.2, 0.25) is 0 Å². The number of hydrogen-bond donors (Lipinski definition) is 3. The number of nitriles is 1. The molecule has 3 atom stereocenters. The molecule has 0 spiro atoms. The lowest BCUT2D eigenvalue weighted by atomic mass is 10.0. The first-order chi connectivity index (χ1) is 27.9. The molecule has 0 bridgehead atoms. The molecule has 4 amide bonds. The summed E-state index contributed by atoms with van der Waals surface area (Å²) in [6.07, 6.45) is -2.10. The Labute approximate surface area is 345 Å². The molecule has 0 aliphatic carbocycles. The first kappa shape index (κ1) is 43.0. The minimum Gasteiger partial charge on any atom is -0.476 e. The molecule has 6 rings (SSSR count). The van der Waals surface area contributed by atoms with Crippen molar-refractivity contribution >= 4 is 63.7 Å². The number of thiocarbonyl (C=S) groups is 1. The number of alkyl halides is 3. The molecular formula is C41H46F3N9O5S. The maximum atomic E-state index is 13.8. The van der Waals surface area contributed by atoms with E-state index in [2.05, 4.69) is 44.6 Å². The molecule has 3 saturated heterocycles. The molecule has 3 aromatic rings. The van der Waals surface area contributed by atoms with Crippen molar-refractivity contribution in [3.63, 3.8) is 0 Å². The Hall–Kier alpha value is -5.64. The number of amides is 4. The molecular weight excluding hydrogens is 788 g/mol. The first-order valence-electron chi connectivity index (χ1n) is 19.3. The number of hydrogen-bond acceptors (Lipinski definition) is 11. The van der Waals surface area contributed by atoms with Crippen LogP contribution in [0.5, 0.6) is 5.88 Å². The van der Waals surface area contributed by atoms with Crippen LogP contribution < -0.4 is 30.5 Å². The molecule has 1 aromatic heterocycles. The Bertz CT molecular complexity index is 2180. The van der Waals surface area contributed by atoms with Gasteiger partial charge in [0.2, 0.25) is 23.6 Å². The summed E-state index contributed by atoms with van der Waals surface area (Å²) in [5.41, 5.74) is -0.606. The standard InChI is InChI=1S/C41H46F3N9O5S/c1-6-26-16-31(53-39(59)52(38(57)40(53,4)5)30-11-10-27(19-45)32(18-30)41(42,43)44)20-46-37(26)58-15-14-50-21-24(2)51(25(3)22-50)23-35(55)48-29-9-7-8-28(17-29)47-33-12-13-34(54)49-36(33)56/h7-11,16-18,20,24-25,33,47H,6,12-15,21-23H2,1-5H3,(H,48,55)(H,49,54,56)/t24-,25+,33?. The number of anilines is 4. The summed E-state index contributed by atoms with van der Waals surface area (Å²) in [5, 5.41) is 17.6. The van der Waals surface area contributed by atoms with Crippen LogP contribution in [0.3, 0.4) is 0 Å². The van der Waals surface area contributed by atoms with Gasteiger partial charge in [-0.15, -0.1) is 0 Å². The van der Waals surface area contributed by atoms with E-state index < -0.39 is 34.8 Å². The van der Waals surface area contributed by atoms with Crippen molar-refractivity contribution in [1.29, 1.82) is 5.26 Å². The number of imide groups is 1. The van der Waals surface area contributed by atoms with Gasteiger partial charge in [-0.25, -0.2) is 4.98 Å². The average molecular weight is 834 g/mol. The fourth-order valence-electron chi connectivity index (χ4n) is 7.77. The maximum absolute atomic E-state index is 13.8. The van der Waals surface area contributed by atoms with E-state index in [1.807, 2.05) is 13.0 Å². The number of nitrogens with zero attached hydrogens (tertiary/aromatic N) is 6. The van der Waals surface area contributed by atoms with Crippen molar-refractivity contribution in [2.45, 2.75) is 83.7 Å². The number of aryl methyl sites for hydroxylation is 1. The summed E-state index contributed by atoms with van der Waals surface area (Å²) in [6.45, 7) is 11.9. The van der Waals surface area contributed by atoms with Gasteiger partial charge in [0.15, 0.2) is 5.11 Å². The Balaban J connectivity index is 1.03. The Morgan fingerprint density at radius 2 is 1.78 bits per heavy atom. The molecule has 312 valence electrons. The van der Waals surface area contributed by atoms with E-state index >= 15 is 0 Å². The van der Waals surface area contributed by atoms with Crippen LogP contribution in [-0.2, 0) is 31.8 Å². The van der Waals surface area contributed by atoms with Crippen LogP contribution in [0, 0.1) is 11.3 Å². The molecule has 3 aliphatic heterocycles. The lowest BCUT2D eigenvalue weighted by Gasteiger charge is -2.44. The topological polar surface area (TPSA) is 163 Å². The van der Waals surface area contributed by atoms with Gasteiger partial charge in [0.1, 0.15) is 18.2 Å². The van der Waals surface area contributed by atoms with Gasteiger partial charge in [0.05, 0.1) is 41.3 Å². The van der Waals surface area contributed by atoms with E-state index in [1.165, 1.54) is 12.3 Å². The Morgan fingerprint density at radius 3 is 2.44 bits per heavy atom. The van der Waals surface area contributed by atoms with Crippen molar-refractivity contribution < 1.29 is 37.1 Å². The fourth-order valence-corrected chi connectivity index (χ4v) is 8.29. The van der Waals surface area contributed by atoms with E-state index in [4.69, 9.17) is 17.0 Å². The molecule has 4 heterocycles. The summed E-state index contributed by atoms with van der Waals surface area (Å²) in [6, 6.07) is 13.1. The summed E-state index contributed by atoms with van der Waals surface area (Å²) in [5.74, 6) is -0.946. The molecule has 59 heavy (non-hydrogen) atoms. The third-order valence-corrected chi connectivity index (χ3v) is 11.1. The molecule has 3 fully saturated rings. The largest absolute Gasteiger partial charge is 0.476 e. The molecule has 0 radical (unpaired) electrons. The number of aromatic nitrogens is 1. The maximum Gasteiger partial charge on any atom is 0.417 e. The van der Waals surface area contributed by atoms with Gasteiger partial charge in [0, 0.05) is 55.1 Å². The van der Waals surface area contributed by atoms with Crippen LogP contribution in [0.25, 0.3) is 0 Å². The SMILES string of the molecule is CCc1cc(N2C(=S)N(c3ccc(C#N)c(C(F)(F)F)c3)C(=O)C2(C)C)cnc1OCCN1C[C@@H](C)N(CC(=O)Nc2cccc(NC3CCC(=O)NC3=O)c2)[C@@H](C)C1. The van der Waals surface area contributed by atoms with Crippen molar-refractivity contribution in [1.82, 2.24) is 20.1 Å². The number of rotatable bonds is 12. The quantitative estimate of drug-likeness (QED) is 0.164. The second-order valence-electron chi connectivity index (χ2n) is 15.4. The number of pyridine rings is 1. The van der Waals surface area contributed by atoms with E-state index in [0.717, 1.165) is 22.6 Å². The molecule has 3 aliphatic rings. The highest BCUT2D eigenvalue weighted by molar-refractivity contribution is 7.81. The number of benzene rings is 2. The van der Waals surface area contributed by atoms with Crippen molar-refractivity contribution in [3.05, 3.63) is 71.4 Å². The number of halogens is 3. The van der Waals surface area contributed by atoms with Gasteiger partial charge in [-0.1, -0.05) is 13.0 Å². The fraction of sp³-hybridized carbons (Fsp3) is 0.439. The molecule has 18 heteroatoms. The summed E-state index contributed by atoms with van der Waals surface area (Å²) in [7, 11) is 0. The van der Waals surface area contributed by atoms with Crippen molar-refractivity contribution in [3.8, 4) is 11.9 Å². The lowest BCUT2D eigenvalue weighted by Crippen LogP contribution is -2.58. The molecule has 0 saturated carbocycles. The van der Waals surface area contributed by atoms with Gasteiger partial charge < -0.3 is 20.3 Å². The van der Waals surface area contributed by atoms with Crippen molar-refractivity contribution in [2.24, 2.45) is 0 Å². The van der Waals surface area contributed by atoms with E-state index in [0.29, 0.717) is 62.0 Å². The van der Waals surface area contributed by atoms with Crippen LogP contribution in [-0.4, -0.2) is 100.0 Å². The average Bonchev–Trinajstić information content (AvgIpc) is 3.35. The van der Waals surface area contributed by atoms with E-state index in [-0.39, 0.29) is 53.6 Å². The predicted octanol–water partition coefficient (Wildman–Crippen LogP) is 5.08. The molecule has 3 N–H and O–H groups in total. The summed E-state index contributed by atoms with van der Waals surface area (Å²) < 4.78 is 47.5. The number of carbonyl (C=O) groups excluding carboxylic acids is 4. The third kappa shape index (κ3) is 9.32. The Kier molecular flexibility index (Phi) is 12.6. The zero-order valence-corrected chi connectivity index (χ0v) is 34.2. The smallest absolute Gasteiger partial charge is 0.417 e. The van der Waals surface area contributed by atoms with Crippen LogP contribution in [0.15, 0.2) is 54.7 Å². The minimum atomic E-state index is -4.81. The molecule has 1 unspecified atom stereocenters. The van der Waals surface area contributed by atoms with Crippen LogP contribution in [0.1, 0.15) is 64.2 Å². The third-order valence-electron chi connectivity index (χ3n) is 10.8. The number of carbonyl (C=O) groups is 4. The molecule has 2 aromatic carbocycles. The summed E-state index contributed by atoms with van der Waals surface area (Å²) >= 11 is 5.69. The van der Waals surface area contributed by atoms with Crippen LogP contribution in [0.4, 0.5) is 35.9 Å². The lowest BCUT2D eigenvalue weighted by molar-refractivity contribution is -0.138. The van der Waals surface area contributed by atoms with Crippen molar-refractivity contribution in [2.75, 3.05) is 53.2 Å². The van der Waals surface area contributed by atoms with Gasteiger partial charge in [0.25, 0.3) is 5.91 Å². The van der Waals surface area contributed by atoms with E-state index in [1.54, 1.807) is 49.1 Å². The van der Waals surface area contributed by atoms with Gasteiger partial charge >= 0.3 is 6.18 Å². The number of piperidine rings is 1. The van der Waals surface area contributed by atoms with Crippen LogP contribution >= 0.6 is 12.2 Å². The second-order valence-corrected chi connectivity index (χ2v) is 15.8. The summed E-state index contributed by atoms with van der Waals surface area (Å²) in [4.78, 5) is 62.1. The number of piperazine rings is 1.